The Morgan fingerprint density at radius 1 is 1.12 bits per heavy atom. The number of hydrogen-bond acceptors (Lipinski definition) is 5. The number of rotatable bonds is 5. The van der Waals surface area contributed by atoms with E-state index in [-0.39, 0.29) is 16.7 Å². The minimum absolute atomic E-state index is 0.0216. The summed E-state index contributed by atoms with van der Waals surface area (Å²) >= 11 is 12.3. The highest BCUT2D eigenvalue weighted by atomic mass is 35.5. The van der Waals surface area contributed by atoms with Crippen molar-refractivity contribution >= 4 is 34.1 Å². The van der Waals surface area contributed by atoms with Crippen LogP contribution in [-0.2, 0) is 0 Å². The average molecular weight is 370 g/mol. The number of hydrogen-bond donors (Lipinski definition) is 1. The zero-order valence-corrected chi connectivity index (χ0v) is 15.3. The summed E-state index contributed by atoms with van der Waals surface area (Å²) < 4.78 is 11.4. The van der Waals surface area contributed by atoms with E-state index >= 15 is 0 Å². The van der Waals surface area contributed by atoms with Crippen molar-refractivity contribution in [3.63, 3.8) is 0 Å². The summed E-state index contributed by atoms with van der Waals surface area (Å²) in [5.74, 6) is 1.63. The van der Waals surface area contributed by atoms with E-state index in [4.69, 9.17) is 32.7 Å². The monoisotopic (exact) mass is 369 g/mol. The molecule has 130 valence electrons. The molecule has 3 rings (SSSR count). The zero-order chi connectivity index (χ0) is 17.1. The lowest BCUT2D eigenvalue weighted by molar-refractivity contribution is 0.288. The lowest BCUT2D eigenvalue weighted by Crippen LogP contribution is -2.34. The van der Waals surface area contributed by atoms with E-state index in [1.165, 1.54) is 0 Å². The van der Waals surface area contributed by atoms with Crippen LogP contribution in [0.15, 0.2) is 12.1 Å². The van der Waals surface area contributed by atoms with Crippen LogP contribution in [0, 0.1) is 0 Å². The van der Waals surface area contributed by atoms with Crippen molar-refractivity contribution in [2.45, 2.75) is 38.1 Å². The number of ether oxygens (including phenoxy) is 2. The van der Waals surface area contributed by atoms with Crippen LogP contribution in [0.3, 0.4) is 0 Å². The number of nitrogens with zero attached hydrogens (tertiary/aromatic N) is 2. The Bertz CT molecular complexity index is 719. The molecule has 2 heterocycles. The lowest BCUT2D eigenvalue weighted by Gasteiger charge is -2.27. The standard InChI is InChI=1S/C17H21Cl2N3O2/c1-3-23-13-7-11-12(8-14(13)24-4-2)21-17(19)22-16(11)10-5-6-15(18)20-9-10/h7-8,10,15,20H,3-6,9H2,1-2H3. The fourth-order valence-corrected chi connectivity index (χ4v) is 3.43. The quantitative estimate of drug-likeness (QED) is 0.488. The molecule has 2 aromatic rings. The molecule has 0 radical (unpaired) electrons. The summed E-state index contributed by atoms with van der Waals surface area (Å²) in [5, 5.41) is 4.49. The molecule has 24 heavy (non-hydrogen) atoms. The molecule has 1 aromatic carbocycles. The van der Waals surface area contributed by atoms with Gasteiger partial charge in [0, 0.05) is 23.9 Å². The largest absolute Gasteiger partial charge is 0.490 e. The van der Waals surface area contributed by atoms with Gasteiger partial charge in [-0.15, -0.1) is 11.6 Å². The van der Waals surface area contributed by atoms with Gasteiger partial charge in [-0.05, 0) is 44.4 Å². The van der Waals surface area contributed by atoms with E-state index in [0.717, 1.165) is 36.0 Å². The lowest BCUT2D eigenvalue weighted by atomic mass is 9.93. The van der Waals surface area contributed by atoms with Crippen LogP contribution in [0.4, 0.5) is 0 Å². The topological polar surface area (TPSA) is 56.3 Å². The molecule has 1 aromatic heterocycles. The first-order chi connectivity index (χ1) is 11.6. The number of nitrogens with one attached hydrogen (secondary N) is 1. The highest BCUT2D eigenvalue weighted by Crippen LogP contribution is 2.37. The molecule has 0 amide bonds. The molecular weight excluding hydrogens is 349 g/mol. The van der Waals surface area contributed by atoms with Crippen LogP contribution < -0.4 is 14.8 Å². The Hall–Kier alpha value is -1.30. The van der Waals surface area contributed by atoms with Gasteiger partial charge in [0.25, 0.3) is 0 Å². The van der Waals surface area contributed by atoms with Gasteiger partial charge in [0.15, 0.2) is 11.5 Å². The van der Waals surface area contributed by atoms with Gasteiger partial charge in [0.1, 0.15) is 0 Å². The highest BCUT2D eigenvalue weighted by molar-refractivity contribution is 6.28. The van der Waals surface area contributed by atoms with E-state index in [1.54, 1.807) is 0 Å². The van der Waals surface area contributed by atoms with Crippen LogP contribution in [0.1, 0.15) is 38.3 Å². The average Bonchev–Trinajstić information content (AvgIpc) is 2.56. The van der Waals surface area contributed by atoms with Gasteiger partial charge >= 0.3 is 0 Å². The molecular formula is C17H21Cl2N3O2. The number of aromatic nitrogens is 2. The van der Waals surface area contributed by atoms with E-state index < -0.39 is 0 Å². The first-order valence-corrected chi connectivity index (χ1v) is 9.08. The minimum Gasteiger partial charge on any atom is -0.490 e. The second-order valence-electron chi connectivity index (χ2n) is 5.71. The molecule has 1 aliphatic rings. The molecule has 0 bridgehead atoms. The molecule has 0 aliphatic carbocycles. The molecule has 1 aliphatic heterocycles. The number of alkyl halides is 1. The Morgan fingerprint density at radius 2 is 1.83 bits per heavy atom. The highest BCUT2D eigenvalue weighted by Gasteiger charge is 2.24. The number of piperidine rings is 1. The SMILES string of the molecule is CCOc1cc2nc(Cl)nc(C3CCC(Cl)NC3)c2cc1OCC. The van der Waals surface area contributed by atoms with Crippen LogP contribution in [0.25, 0.3) is 10.9 Å². The van der Waals surface area contributed by atoms with Crippen molar-refractivity contribution in [1.29, 1.82) is 0 Å². The van der Waals surface area contributed by atoms with Gasteiger partial charge in [0.2, 0.25) is 5.28 Å². The van der Waals surface area contributed by atoms with Crippen LogP contribution in [0.2, 0.25) is 5.28 Å². The number of fused-ring (bicyclic) bond motifs is 1. The van der Waals surface area contributed by atoms with Crippen molar-refractivity contribution in [2.75, 3.05) is 19.8 Å². The van der Waals surface area contributed by atoms with Crippen molar-refractivity contribution < 1.29 is 9.47 Å². The zero-order valence-electron chi connectivity index (χ0n) is 13.8. The summed E-state index contributed by atoms with van der Waals surface area (Å²) in [4.78, 5) is 8.86. The molecule has 1 fully saturated rings. The second-order valence-corrected chi connectivity index (χ2v) is 6.57. The van der Waals surface area contributed by atoms with Gasteiger partial charge in [-0.1, -0.05) is 0 Å². The van der Waals surface area contributed by atoms with Crippen molar-refractivity contribution in [1.82, 2.24) is 15.3 Å². The molecule has 0 spiro atoms. The molecule has 1 N–H and O–H groups in total. The van der Waals surface area contributed by atoms with Gasteiger partial charge in [-0.25, -0.2) is 9.97 Å². The maximum Gasteiger partial charge on any atom is 0.223 e. The Kier molecular flexibility index (Phi) is 5.64. The predicted molar refractivity (Wildman–Crippen MR) is 96.5 cm³/mol. The van der Waals surface area contributed by atoms with Gasteiger partial charge in [0.05, 0.1) is 29.9 Å². The third-order valence-corrected chi connectivity index (χ3v) is 4.65. The molecule has 2 atom stereocenters. The van der Waals surface area contributed by atoms with Crippen LogP contribution >= 0.6 is 23.2 Å². The Morgan fingerprint density at radius 3 is 2.46 bits per heavy atom. The maximum atomic E-state index is 6.16. The fraction of sp³-hybridized carbons (Fsp3) is 0.529. The van der Waals surface area contributed by atoms with E-state index in [1.807, 2.05) is 26.0 Å². The first kappa shape index (κ1) is 17.5. The van der Waals surface area contributed by atoms with Gasteiger partial charge in [-0.3, -0.25) is 0 Å². The Balaban J connectivity index is 2.09. The smallest absolute Gasteiger partial charge is 0.223 e. The Labute approximate surface area is 151 Å². The third-order valence-electron chi connectivity index (χ3n) is 4.10. The van der Waals surface area contributed by atoms with E-state index in [9.17, 15) is 0 Å². The third kappa shape index (κ3) is 3.68. The summed E-state index contributed by atoms with van der Waals surface area (Å²) in [6.07, 6.45) is 1.85. The van der Waals surface area contributed by atoms with E-state index in [0.29, 0.717) is 24.7 Å². The summed E-state index contributed by atoms with van der Waals surface area (Å²) in [6, 6.07) is 3.84. The van der Waals surface area contributed by atoms with Crippen molar-refractivity contribution in [3.8, 4) is 11.5 Å². The van der Waals surface area contributed by atoms with Gasteiger partial charge in [-0.2, -0.15) is 0 Å². The molecule has 5 nitrogen and oxygen atoms in total. The number of benzene rings is 1. The van der Waals surface area contributed by atoms with Gasteiger partial charge < -0.3 is 14.8 Å². The maximum absolute atomic E-state index is 6.16. The summed E-state index contributed by atoms with van der Waals surface area (Å²) in [7, 11) is 0. The summed E-state index contributed by atoms with van der Waals surface area (Å²) in [5.41, 5.74) is 1.73. The van der Waals surface area contributed by atoms with E-state index in [2.05, 4.69) is 15.3 Å². The molecule has 1 saturated heterocycles. The normalized spacial score (nSPS) is 21.0. The second kappa shape index (κ2) is 7.72. The van der Waals surface area contributed by atoms with Crippen molar-refractivity contribution in [2.24, 2.45) is 0 Å². The predicted octanol–water partition coefficient (Wildman–Crippen LogP) is 4.11. The first-order valence-electron chi connectivity index (χ1n) is 8.26. The van der Waals surface area contributed by atoms with Crippen LogP contribution in [0.5, 0.6) is 11.5 Å². The minimum atomic E-state index is 0.0216. The van der Waals surface area contributed by atoms with Crippen LogP contribution in [-0.4, -0.2) is 35.2 Å². The van der Waals surface area contributed by atoms with Crippen molar-refractivity contribution in [3.05, 3.63) is 23.1 Å². The molecule has 0 saturated carbocycles. The summed E-state index contributed by atoms with van der Waals surface area (Å²) in [6.45, 7) is 5.78. The fourth-order valence-electron chi connectivity index (χ4n) is 3.03. The molecule has 7 heteroatoms. The molecule has 2 unspecified atom stereocenters. The number of halogens is 2.